The quantitative estimate of drug-likeness (QED) is 0.434. The summed E-state index contributed by atoms with van der Waals surface area (Å²) in [4.78, 5) is 53.8. The molecule has 0 N–H and O–H groups in total. The summed E-state index contributed by atoms with van der Waals surface area (Å²) in [6.07, 6.45) is 0. The first-order chi connectivity index (χ1) is 15.4. The lowest BCUT2D eigenvalue weighted by atomic mass is 10.1. The number of halogens is 1. The zero-order valence-corrected chi connectivity index (χ0v) is 17.7. The number of fused-ring (bicyclic) bond motifs is 1. The van der Waals surface area contributed by atoms with Crippen LogP contribution in [0.15, 0.2) is 72.8 Å². The van der Waals surface area contributed by atoms with E-state index in [4.69, 9.17) is 16.3 Å². The molecule has 3 aromatic carbocycles. The van der Waals surface area contributed by atoms with E-state index in [2.05, 4.69) is 0 Å². The van der Waals surface area contributed by atoms with Gasteiger partial charge in [-0.2, -0.15) is 0 Å². The highest BCUT2D eigenvalue weighted by atomic mass is 35.5. The molecule has 8 heteroatoms. The summed E-state index contributed by atoms with van der Waals surface area (Å²) in [5, 5.41) is 0.448. The molecule has 0 atom stereocenters. The normalized spacial score (nSPS) is 12.5. The Balaban J connectivity index is 1.78. The van der Waals surface area contributed by atoms with Gasteiger partial charge >= 0.3 is 5.97 Å². The van der Waals surface area contributed by atoms with Crippen LogP contribution < -0.4 is 4.90 Å². The number of benzene rings is 3. The fourth-order valence-corrected chi connectivity index (χ4v) is 3.62. The molecule has 1 aliphatic heterocycles. The summed E-state index contributed by atoms with van der Waals surface area (Å²) in [6.45, 7) is -0.387. The van der Waals surface area contributed by atoms with Gasteiger partial charge in [-0.1, -0.05) is 35.9 Å². The van der Waals surface area contributed by atoms with Gasteiger partial charge in [-0.15, -0.1) is 0 Å². The number of carbonyl (C=O) groups is 4. The minimum atomic E-state index is -0.656. The van der Waals surface area contributed by atoms with Crippen LogP contribution in [0.2, 0.25) is 5.02 Å². The van der Waals surface area contributed by atoms with Crippen LogP contribution in [0.4, 0.5) is 5.69 Å². The smallest absolute Gasteiger partial charge is 0.339 e. The van der Waals surface area contributed by atoms with Gasteiger partial charge in [0.2, 0.25) is 0 Å². The predicted molar refractivity (Wildman–Crippen MR) is 118 cm³/mol. The molecule has 1 heterocycles. The summed E-state index contributed by atoms with van der Waals surface area (Å²) < 4.78 is 4.85. The van der Waals surface area contributed by atoms with E-state index in [0.717, 1.165) is 4.90 Å². The molecule has 0 aliphatic carbocycles. The van der Waals surface area contributed by atoms with Gasteiger partial charge < -0.3 is 4.74 Å². The first-order valence-corrected chi connectivity index (χ1v) is 10.00. The fraction of sp³-hybridized carbons (Fsp3) is 0.0833. The Morgan fingerprint density at radius 3 is 2.03 bits per heavy atom. The lowest BCUT2D eigenvalue weighted by Crippen LogP contribution is -2.45. The van der Waals surface area contributed by atoms with Crippen LogP contribution in [0.1, 0.15) is 41.4 Å². The molecule has 0 spiro atoms. The number of anilines is 1. The van der Waals surface area contributed by atoms with Gasteiger partial charge in [0.25, 0.3) is 17.7 Å². The van der Waals surface area contributed by atoms with E-state index in [1.165, 1.54) is 30.2 Å². The Morgan fingerprint density at radius 2 is 1.44 bits per heavy atom. The first-order valence-electron chi connectivity index (χ1n) is 9.62. The number of carbonyl (C=O) groups excluding carboxylic acids is 4. The number of esters is 1. The molecule has 0 radical (unpaired) electrons. The number of para-hydroxylation sites is 1. The van der Waals surface area contributed by atoms with Crippen molar-refractivity contribution in [3.8, 4) is 0 Å². The molecule has 32 heavy (non-hydrogen) atoms. The number of rotatable bonds is 5. The molecule has 160 valence electrons. The van der Waals surface area contributed by atoms with E-state index in [-0.39, 0.29) is 34.6 Å². The van der Waals surface area contributed by atoms with Crippen molar-refractivity contribution in [2.75, 3.05) is 18.7 Å². The monoisotopic (exact) mass is 448 g/mol. The van der Waals surface area contributed by atoms with Crippen molar-refractivity contribution in [1.82, 2.24) is 4.90 Å². The predicted octanol–water partition coefficient (Wildman–Crippen LogP) is 4.03. The van der Waals surface area contributed by atoms with Gasteiger partial charge in [-0.05, 0) is 48.5 Å². The number of ether oxygens (including phenoxy) is 1. The molecule has 3 amide bonds. The highest BCUT2D eigenvalue weighted by Crippen LogP contribution is 2.28. The number of hydrogen-bond acceptors (Lipinski definition) is 5. The minimum Gasteiger partial charge on any atom is -0.465 e. The van der Waals surface area contributed by atoms with E-state index < -0.39 is 23.7 Å². The maximum absolute atomic E-state index is 13.5. The maximum atomic E-state index is 13.5. The zero-order valence-electron chi connectivity index (χ0n) is 16.9. The van der Waals surface area contributed by atoms with Gasteiger partial charge in [0.05, 0.1) is 29.5 Å². The summed E-state index contributed by atoms with van der Waals surface area (Å²) in [5.41, 5.74) is 1.12. The van der Waals surface area contributed by atoms with Crippen LogP contribution in [0.3, 0.4) is 0 Å². The molecule has 0 saturated carbocycles. The average molecular weight is 449 g/mol. The standard InChI is InChI=1S/C24H17ClN2O5/c1-32-24(31)19-8-4-5-9-20(19)26(21(28)15-10-12-16(25)13-11-15)14-27-22(29)17-6-2-3-7-18(17)23(27)30/h2-13H,14H2,1H3. The second-order valence-electron chi connectivity index (χ2n) is 6.97. The lowest BCUT2D eigenvalue weighted by Gasteiger charge is -2.28. The zero-order chi connectivity index (χ0) is 22.8. The van der Waals surface area contributed by atoms with Crippen molar-refractivity contribution in [1.29, 1.82) is 0 Å². The van der Waals surface area contributed by atoms with Crippen molar-refractivity contribution in [3.05, 3.63) is 100 Å². The fourth-order valence-electron chi connectivity index (χ4n) is 3.50. The van der Waals surface area contributed by atoms with Crippen LogP contribution in [0, 0.1) is 0 Å². The van der Waals surface area contributed by atoms with E-state index in [1.54, 1.807) is 54.6 Å². The molecule has 0 unspecified atom stereocenters. The van der Waals surface area contributed by atoms with Crippen LogP contribution >= 0.6 is 11.6 Å². The minimum absolute atomic E-state index is 0.119. The van der Waals surface area contributed by atoms with E-state index >= 15 is 0 Å². The van der Waals surface area contributed by atoms with E-state index in [1.807, 2.05) is 0 Å². The largest absolute Gasteiger partial charge is 0.465 e. The molecule has 0 saturated heterocycles. The molecular weight excluding hydrogens is 432 g/mol. The van der Waals surface area contributed by atoms with Gasteiger partial charge in [-0.3, -0.25) is 24.2 Å². The summed E-state index contributed by atoms with van der Waals surface area (Å²) in [6, 6.07) is 18.9. The van der Waals surface area contributed by atoms with Crippen molar-refractivity contribution in [2.24, 2.45) is 0 Å². The van der Waals surface area contributed by atoms with Crippen LogP contribution in [0.5, 0.6) is 0 Å². The Kier molecular flexibility index (Phi) is 5.75. The topological polar surface area (TPSA) is 84.0 Å². The first kappa shape index (κ1) is 21.3. The summed E-state index contributed by atoms with van der Waals surface area (Å²) in [7, 11) is 1.23. The third-order valence-electron chi connectivity index (χ3n) is 5.10. The number of nitrogens with zero attached hydrogens (tertiary/aromatic N) is 2. The maximum Gasteiger partial charge on any atom is 0.339 e. The highest BCUT2D eigenvalue weighted by Gasteiger charge is 2.38. The molecular formula is C24H17ClN2O5. The van der Waals surface area contributed by atoms with Crippen molar-refractivity contribution < 1.29 is 23.9 Å². The van der Waals surface area contributed by atoms with Crippen molar-refractivity contribution in [2.45, 2.75) is 0 Å². The SMILES string of the molecule is COC(=O)c1ccccc1N(CN1C(=O)c2ccccc2C1=O)C(=O)c1ccc(Cl)cc1. The van der Waals surface area contributed by atoms with E-state index in [0.29, 0.717) is 5.02 Å². The lowest BCUT2D eigenvalue weighted by molar-refractivity contribution is 0.0601. The number of hydrogen-bond donors (Lipinski definition) is 0. The number of amides is 3. The van der Waals surface area contributed by atoms with Crippen LogP contribution in [0.25, 0.3) is 0 Å². The highest BCUT2D eigenvalue weighted by molar-refractivity contribution is 6.30. The van der Waals surface area contributed by atoms with Gasteiger partial charge in [0.15, 0.2) is 0 Å². The summed E-state index contributed by atoms with van der Waals surface area (Å²) >= 11 is 5.94. The number of imide groups is 1. The molecule has 0 aromatic heterocycles. The molecule has 0 fully saturated rings. The summed E-state index contributed by atoms with van der Waals surface area (Å²) in [5.74, 6) is -2.21. The molecule has 4 rings (SSSR count). The van der Waals surface area contributed by atoms with Crippen LogP contribution in [-0.4, -0.2) is 42.4 Å². The Hall–Kier alpha value is -3.97. The van der Waals surface area contributed by atoms with Gasteiger partial charge in [0, 0.05) is 10.6 Å². The Labute approximate surface area is 188 Å². The van der Waals surface area contributed by atoms with Gasteiger partial charge in [-0.25, -0.2) is 4.79 Å². The number of methoxy groups -OCH3 is 1. The molecule has 0 bridgehead atoms. The third-order valence-corrected chi connectivity index (χ3v) is 5.35. The van der Waals surface area contributed by atoms with Crippen molar-refractivity contribution >= 4 is 41.0 Å². The second-order valence-corrected chi connectivity index (χ2v) is 7.41. The van der Waals surface area contributed by atoms with Crippen LogP contribution in [-0.2, 0) is 4.74 Å². The van der Waals surface area contributed by atoms with Crippen molar-refractivity contribution in [3.63, 3.8) is 0 Å². The molecule has 3 aromatic rings. The third kappa shape index (κ3) is 3.74. The average Bonchev–Trinajstić information content (AvgIpc) is 3.07. The second kappa shape index (κ2) is 8.64. The van der Waals surface area contributed by atoms with E-state index in [9.17, 15) is 19.2 Å². The molecule has 7 nitrogen and oxygen atoms in total. The molecule has 1 aliphatic rings. The Morgan fingerprint density at radius 1 is 0.875 bits per heavy atom. The Bertz CT molecular complexity index is 1200. The van der Waals surface area contributed by atoms with Gasteiger partial charge in [0.1, 0.15) is 6.67 Å².